The van der Waals surface area contributed by atoms with E-state index < -0.39 is 5.97 Å². The fourth-order valence-corrected chi connectivity index (χ4v) is 2.95. The van der Waals surface area contributed by atoms with Crippen LogP contribution in [0.25, 0.3) is 0 Å². The number of nitrogens with one attached hydrogen (secondary N) is 1. The van der Waals surface area contributed by atoms with Crippen molar-refractivity contribution >= 4 is 40.8 Å². The number of hydrogen-bond acceptors (Lipinski definition) is 5. The molecular weight excluding hydrogens is 393 g/mol. The molecule has 0 bridgehead atoms. The molecular formula is C19H19Cl2NO5. The van der Waals surface area contributed by atoms with Crippen LogP contribution in [0.3, 0.4) is 0 Å². The fraction of sp³-hybridized carbons (Fsp3) is 0.263. The Bertz CT molecular complexity index is 854. The zero-order chi connectivity index (χ0) is 20.0. The Hall–Kier alpha value is -2.44. The number of hydrogen-bond donors (Lipinski definition) is 1. The SMILES string of the molecule is COC(=O)c1cc(OC)c(OC)cc1NC(=O)CCc1ccc(Cl)cc1Cl. The van der Waals surface area contributed by atoms with E-state index in [9.17, 15) is 9.59 Å². The average Bonchev–Trinajstić information content (AvgIpc) is 2.66. The van der Waals surface area contributed by atoms with E-state index in [0.717, 1.165) is 5.56 Å². The molecule has 2 rings (SSSR count). The first kappa shape index (κ1) is 20.9. The second kappa shape index (κ2) is 9.48. The van der Waals surface area contributed by atoms with Crippen molar-refractivity contribution in [2.45, 2.75) is 12.8 Å². The number of carbonyl (C=O) groups excluding carboxylic acids is 2. The van der Waals surface area contributed by atoms with Gasteiger partial charge in [-0.1, -0.05) is 29.3 Å². The van der Waals surface area contributed by atoms with Crippen LogP contribution < -0.4 is 14.8 Å². The number of carbonyl (C=O) groups is 2. The van der Waals surface area contributed by atoms with Gasteiger partial charge in [0.15, 0.2) is 11.5 Å². The third-order valence-electron chi connectivity index (χ3n) is 3.84. The highest BCUT2D eigenvalue weighted by molar-refractivity contribution is 6.35. The van der Waals surface area contributed by atoms with Crippen LogP contribution in [-0.4, -0.2) is 33.2 Å². The predicted octanol–water partition coefficient (Wildman–Crippen LogP) is 4.37. The van der Waals surface area contributed by atoms with Crippen molar-refractivity contribution in [2.24, 2.45) is 0 Å². The smallest absolute Gasteiger partial charge is 0.340 e. The second-order valence-electron chi connectivity index (χ2n) is 5.53. The van der Waals surface area contributed by atoms with Crippen LogP contribution in [0.4, 0.5) is 5.69 Å². The van der Waals surface area contributed by atoms with Crippen LogP contribution in [0.5, 0.6) is 11.5 Å². The summed E-state index contributed by atoms with van der Waals surface area (Å²) in [5.74, 6) is -0.171. The lowest BCUT2D eigenvalue weighted by Gasteiger charge is -2.14. The van der Waals surface area contributed by atoms with Gasteiger partial charge in [0.1, 0.15) is 0 Å². The minimum atomic E-state index is -0.605. The van der Waals surface area contributed by atoms with Gasteiger partial charge in [-0.05, 0) is 24.1 Å². The molecule has 0 heterocycles. The first-order valence-electron chi connectivity index (χ1n) is 7.97. The third-order valence-corrected chi connectivity index (χ3v) is 4.43. The van der Waals surface area contributed by atoms with Crippen LogP contribution in [0.1, 0.15) is 22.3 Å². The van der Waals surface area contributed by atoms with E-state index in [1.165, 1.54) is 33.5 Å². The lowest BCUT2D eigenvalue weighted by molar-refractivity contribution is -0.116. The molecule has 144 valence electrons. The Morgan fingerprint density at radius 2 is 1.67 bits per heavy atom. The molecule has 1 amide bonds. The van der Waals surface area contributed by atoms with E-state index >= 15 is 0 Å². The van der Waals surface area contributed by atoms with Crippen LogP contribution in [-0.2, 0) is 16.0 Å². The molecule has 2 aromatic carbocycles. The Morgan fingerprint density at radius 3 is 2.26 bits per heavy atom. The van der Waals surface area contributed by atoms with Crippen molar-refractivity contribution < 1.29 is 23.8 Å². The Morgan fingerprint density at radius 1 is 1.00 bits per heavy atom. The Kier molecular flexibility index (Phi) is 7.33. The van der Waals surface area contributed by atoms with E-state index in [1.807, 2.05) is 0 Å². The highest BCUT2D eigenvalue weighted by Gasteiger charge is 2.19. The molecule has 6 nitrogen and oxygen atoms in total. The van der Waals surface area contributed by atoms with E-state index in [2.05, 4.69) is 5.32 Å². The summed E-state index contributed by atoms with van der Waals surface area (Å²) in [7, 11) is 4.17. The molecule has 0 unspecified atom stereocenters. The van der Waals surface area contributed by atoms with Gasteiger partial charge >= 0.3 is 5.97 Å². The molecule has 1 N–H and O–H groups in total. The summed E-state index contributed by atoms with van der Waals surface area (Å²) in [5, 5.41) is 3.73. The monoisotopic (exact) mass is 411 g/mol. The minimum Gasteiger partial charge on any atom is -0.493 e. The van der Waals surface area contributed by atoms with Crippen LogP contribution in [0, 0.1) is 0 Å². The molecule has 8 heteroatoms. The van der Waals surface area contributed by atoms with Crippen molar-refractivity contribution in [1.82, 2.24) is 0 Å². The maximum Gasteiger partial charge on any atom is 0.340 e. The highest BCUT2D eigenvalue weighted by atomic mass is 35.5. The van der Waals surface area contributed by atoms with Crippen molar-refractivity contribution in [2.75, 3.05) is 26.6 Å². The standard InChI is InChI=1S/C19H19Cl2NO5/c1-25-16-9-13(19(24)27-3)15(10-17(16)26-2)22-18(23)7-5-11-4-6-12(20)8-14(11)21/h4,6,8-10H,5,7H2,1-3H3,(H,22,23). The number of halogens is 2. The van der Waals surface area contributed by atoms with Gasteiger partial charge in [-0.2, -0.15) is 0 Å². The number of aryl methyl sites for hydroxylation is 1. The molecule has 27 heavy (non-hydrogen) atoms. The number of amides is 1. The number of ether oxygens (including phenoxy) is 3. The Balaban J connectivity index is 2.19. The van der Waals surface area contributed by atoms with E-state index in [1.54, 1.807) is 18.2 Å². The first-order chi connectivity index (χ1) is 12.9. The van der Waals surface area contributed by atoms with E-state index in [0.29, 0.717) is 28.0 Å². The molecule has 0 fully saturated rings. The average molecular weight is 412 g/mol. The van der Waals surface area contributed by atoms with Crippen molar-refractivity contribution in [3.63, 3.8) is 0 Å². The summed E-state index contributed by atoms with van der Waals surface area (Å²) < 4.78 is 15.2. The first-order valence-corrected chi connectivity index (χ1v) is 8.73. The minimum absolute atomic E-state index is 0.160. The molecule has 0 aliphatic heterocycles. The molecule has 0 saturated carbocycles. The maximum atomic E-state index is 12.4. The number of anilines is 1. The number of methoxy groups -OCH3 is 3. The third kappa shape index (κ3) is 5.28. The van der Waals surface area contributed by atoms with E-state index in [-0.39, 0.29) is 23.6 Å². The largest absolute Gasteiger partial charge is 0.493 e. The molecule has 0 aliphatic carbocycles. The van der Waals surface area contributed by atoms with Gasteiger partial charge in [-0.15, -0.1) is 0 Å². The normalized spacial score (nSPS) is 10.3. The summed E-state index contributed by atoms with van der Waals surface area (Å²) in [6.07, 6.45) is 0.582. The van der Waals surface area contributed by atoms with Crippen LogP contribution in [0.2, 0.25) is 10.0 Å². The maximum absolute atomic E-state index is 12.4. The number of benzene rings is 2. The highest BCUT2D eigenvalue weighted by Crippen LogP contribution is 2.34. The van der Waals surface area contributed by atoms with Crippen LogP contribution >= 0.6 is 23.2 Å². The zero-order valence-corrected chi connectivity index (χ0v) is 16.6. The van der Waals surface area contributed by atoms with Crippen molar-refractivity contribution in [3.8, 4) is 11.5 Å². The predicted molar refractivity (Wildman–Crippen MR) is 104 cm³/mol. The quantitative estimate of drug-likeness (QED) is 0.684. The zero-order valence-electron chi connectivity index (χ0n) is 15.1. The van der Waals surface area contributed by atoms with Gasteiger partial charge in [0.2, 0.25) is 5.91 Å². The van der Waals surface area contributed by atoms with Crippen molar-refractivity contribution in [3.05, 3.63) is 51.5 Å². The summed E-state index contributed by atoms with van der Waals surface area (Å²) in [5.41, 5.74) is 1.23. The molecule has 2 aromatic rings. The van der Waals surface area contributed by atoms with Gasteiger partial charge in [0.05, 0.1) is 32.6 Å². The summed E-state index contributed by atoms with van der Waals surface area (Å²) in [4.78, 5) is 24.4. The number of rotatable bonds is 7. The second-order valence-corrected chi connectivity index (χ2v) is 6.37. The Labute approximate surface area is 167 Å². The van der Waals surface area contributed by atoms with Gasteiger partial charge in [-0.3, -0.25) is 4.79 Å². The lowest BCUT2D eigenvalue weighted by atomic mass is 10.1. The number of esters is 1. The molecule has 0 spiro atoms. The molecule has 0 aromatic heterocycles. The topological polar surface area (TPSA) is 73.9 Å². The van der Waals surface area contributed by atoms with Crippen LogP contribution in [0.15, 0.2) is 30.3 Å². The summed E-state index contributed by atoms with van der Waals surface area (Å²) in [6, 6.07) is 8.08. The summed E-state index contributed by atoms with van der Waals surface area (Å²) in [6.45, 7) is 0. The lowest BCUT2D eigenvalue weighted by Crippen LogP contribution is -2.16. The fourth-order valence-electron chi connectivity index (χ4n) is 2.45. The van der Waals surface area contributed by atoms with Gasteiger partial charge in [0, 0.05) is 28.6 Å². The van der Waals surface area contributed by atoms with Gasteiger partial charge in [-0.25, -0.2) is 4.79 Å². The molecule has 0 radical (unpaired) electrons. The van der Waals surface area contributed by atoms with Gasteiger partial charge < -0.3 is 19.5 Å². The molecule has 0 saturated heterocycles. The molecule has 0 aliphatic rings. The van der Waals surface area contributed by atoms with E-state index in [4.69, 9.17) is 37.4 Å². The molecule has 0 atom stereocenters. The van der Waals surface area contributed by atoms with Crippen molar-refractivity contribution in [1.29, 1.82) is 0 Å². The van der Waals surface area contributed by atoms with Gasteiger partial charge in [0.25, 0.3) is 0 Å². The summed E-state index contributed by atoms with van der Waals surface area (Å²) >= 11 is 12.0.